The average molecular weight is 400 g/mol. The molecule has 5 nitrogen and oxygen atoms in total. The molecular weight excluding hydrogens is 382 g/mol. The second-order valence-corrected chi connectivity index (χ2v) is 7.35. The highest BCUT2D eigenvalue weighted by molar-refractivity contribution is 6.31. The third-order valence-electron chi connectivity index (χ3n) is 4.85. The predicted molar refractivity (Wildman–Crippen MR) is 117 cm³/mol. The molecule has 0 saturated heterocycles. The summed E-state index contributed by atoms with van der Waals surface area (Å²) < 4.78 is 1.77. The van der Waals surface area contributed by atoms with Crippen LogP contribution in [0.5, 0.6) is 0 Å². The fourth-order valence-corrected chi connectivity index (χ4v) is 3.60. The largest absolute Gasteiger partial charge is 0.350 e. The molecule has 0 bridgehead atoms. The quantitative estimate of drug-likeness (QED) is 0.432. The molecule has 142 valence electrons. The Morgan fingerprint density at radius 2 is 1.76 bits per heavy atom. The number of nitrogens with one attached hydrogen (secondary N) is 1. The molecule has 0 radical (unpaired) electrons. The predicted octanol–water partition coefficient (Wildman–Crippen LogP) is 5.52. The first kappa shape index (κ1) is 17.6. The normalized spacial score (nSPS) is 11.2. The van der Waals surface area contributed by atoms with Gasteiger partial charge in [-0.3, -0.25) is 0 Å². The summed E-state index contributed by atoms with van der Waals surface area (Å²) in [6.45, 7) is 2.60. The molecule has 0 fully saturated rings. The summed E-state index contributed by atoms with van der Waals surface area (Å²) in [5.41, 5.74) is 4.78. The summed E-state index contributed by atoms with van der Waals surface area (Å²) in [7, 11) is 0. The Kier molecular flexibility index (Phi) is 4.37. The number of fused-ring (bicyclic) bond motifs is 3. The zero-order chi connectivity index (χ0) is 19.8. The lowest BCUT2D eigenvalue weighted by molar-refractivity contribution is 0.920. The molecule has 0 amide bonds. The maximum Gasteiger partial charge on any atom is 0.226 e. The molecule has 0 aliphatic carbocycles. The first-order chi connectivity index (χ1) is 14.2. The first-order valence-corrected chi connectivity index (χ1v) is 9.77. The van der Waals surface area contributed by atoms with E-state index in [1.54, 1.807) is 4.52 Å². The minimum absolute atomic E-state index is 0.541. The van der Waals surface area contributed by atoms with Crippen LogP contribution in [0.25, 0.3) is 27.9 Å². The Morgan fingerprint density at radius 3 is 2.62 bits per heavy atom. The topological polar surface area (TPSA) is 55.1 Å². The van der Waals surface area contributed by atoms with Gasteiger partial charge in [0, 0.05) is 22.5 Å². The third kappa shape index (κ3) is 3.30. The van der Waals surface area contributed by atoms with E-state index in [-0.39, 0.29) is 0 Å². The number of anilines is 1. The smallest absolute Gasteiger partial charge is 0.226 e. The molecule has 2 heterocycles. The SMILES string of the molecule is Cc1cccc(-c2nc3c4ccccc4nc(NCc4ccccc4Cl)n3n2)c1. The third-order valence-corrected chi connectivity index (χ3v) is 5.22. The maximum absolute atomic E-state index is 6.31. The van der Waals surface area contributed by atoms with E-state index < -0.39 is 0 Å². The summed E-state index contributed by atoms with van der Waals surface area (Å²) in [5.74, 6) is 1.30. The number of aromatic nitrogens is 4. The van der Waals surface area contributed by atoms with Gasteiger partial charge in [0.15, 0.2) is 11.5 Å². The van der Waals surface area contributed by atoms with Crippen LogP contribution in [0.15, 0.2) is 72.8 Å². The van der Waals surface area contributed by atoms with Crippen molar-refractivity contribution >= 4 is 34.1 Å². The zero-order valence-corrected chi connectivity index (χ0v) is 16.6. The van der Waals surface area contributed by atoms with Gasteiger partial charge >= 0.3 is 0 Å². The van der Waals surface area contributed by atoms with Crippen LogP contribution in [-0.2, 0) is 6.54 Å². The van der Waals surface area contributed by atoms with Crippen LogP contribution in [0.2, 0.25) is 5.02 Å². The lowest BCUT2D eigenvalue weighted by Gasteiger charge is -2.10. The van der Waals surface area contributed by atoms with Crippen molar-refractivity contribution in [1.82, 2.24) is 19.6 Å². The lowest BCUT2D eigenvalue weighted by atomic mass is 10.1. The van der Waals surface area contributed by atoms with E-state index >= 15 is 0 Å². The van der Waals surface area contributed by atoms with E-state index in [1.807, 2.05) is 60.7 Å². The molecule has 0 saturated carbocycles. The van der Waals surface area contributed by atoms with E-state index in [1.165, 1.54) is 5.56 Å². The molecule has 0 aliphatic heterocycles. The highest BCUT2D eigenvalue weighted by Crippen LogP contribution is 2.25. The van der Waals surface area contributed by atoms with Crippen LogP contribution in [-0.4, -0.2) is 19.6 Å². The second-order valence-electron chi connectivity index (χ2n) is 6.94. The fraction of sp³-hybridized carbons (Fsp3) is 0.0870. The van der Waals surface area contributed by atoms with Gasteiger partial charge in [0.1, 0.15) is 0 Å². The molecular formula is C23H18ClN5. The fourth-order valence-electron chi connectivity index (χ4n) is 3.39. The summed E-state index contributed by atoms with van der Waals surface area (Å²) in [4.78, 5) is 9.61. The van der Waals surface area contributed by atoms with E-state index in [4.69, 9.17) is 26.7 Å². The van der Waals surface area contributed by atoms with Crippen molar-refractivity contribution in [3.63, 3.8) is 0 Å². The molecule has 3 aromatic carbocycles. The van der Waals surface area contributed by atoms with E-state index in [2.05, 4.69) is 24.4 Å². The number of para-hydroxylation sites is 1. The minimum Gasteiger partial charge on any atom is -0.350 e. The Morgan fingerprint density at radius 1 is 0.931 bits per heavy atom. The summed E-state index contributed by atoms with van der Waals surface area (Å²) in [6, 6.07) is 23.9. The van der Waals surface area contributed by atoms with Crippen molar-refractivity contribution in [2.45, 2.75) is 13.5 Å². The molecule has 5 rings (SSSR count). The van der Waals surface area contributed by atoms with E-state index in [0.717, 1.165) is 32.7 Å². The Balaban J connectivity index is 1.65. The lowest BCUT2D eigenvalue weighted by Crippen LogP contribution is -2.08. The van der Waals surface area contributed by atoms with Crippen LogP contribution in [0.1, 0.15) is 11.1 Å². The monoisotopic (exact) mass is 399 g/mol. The van der Waals surface area contributed by atoms with E-state index in [0.29, 0.717) is 18.3 Å². The van der Waals surface area contributed by atoms with Gasteiger partial charge in [-0.25, -0.2) is 9.97 Å². The second kappa shape index (κ2) is 7.18. The van der Waals surface area contributed by atoms with Crippen molar-refractivity contribution in [3.05, 3.63) is 88.9 Å². The Bertz CT molecular complexity index is 1340. The number of nitrogens with zero attached hydrogens (tertiary/aromatic N) is 4. The highest BCUT2D eigenvalue weighted by Gasteiger charge is 2.14. The number of aryl methyl sites for hydroxylation is 1. The molecule has 29 heavy (non-hydrogen) atoms. The minimum atomic E-state index is 0.541. The highest BCUT2D eigenvalue weighted by atomic mass is 35.5. The Hall–Kier alpha value is -3.44. The van der Waals surface area contributed by atoms with Gasteiger partial charge in [0.05, 0.1) is 5.52 Å². The number of hydrogen-bond acceptors (Lipinski definition) is 4. The zero-order valence-electron chi connectivity index (χ0n) is 15.8. The van der Waals surface area contributed by atoms with Gasteiger partial charge in [-0.1, -0.05) is 65.7 Å². The summed E-state index contributed by atoms with van der Waals surface area (Å²) in [6.07, 6.45) is 0. The molecule has 1 N–H and O–H groups in total. The molecule has 5 aromatic rings. The number of halogens is 1. The number of benzene rings is 3. The average Bonchev–Trinajstić information content (AvgIpc) is 3.19. The molecule has 6 heteroatoms. The number of rotatable bonds is 4. The van der Waals surface area contributed by atoms with Gasteiger partial charge in [0.25, 0.3) is 0 Å². The van der Waals surface area contributed by atoms with Gasteiger partial charge in [-0.15, -0.1) is 5.10 Å². The molecule has 0 unspecified atom stereocenters. The van der Waals surface area contributed by atoms with Gasteiger partial charge in [-0.2, -0.15) is 4.52 Å². The van der Waals surface area contributed by atoms with Gasteiger partial charge in [0.2, 0.25) is 5.95 Å². The van der Waals surface area contributed by atoms with Crippen LogP contribution in [0.3, 0.4) is 0 Å². The van der Waals surface area contributed by atoms with Crippen molar-refractivity contribution in [1.29, 1.82) is 0 Å². The van der Waals surface area contributed by atoms with Crippen LogP contribution in [0, 0.1) is 6.92 Å². The Labute approximate surface area is 173 Å². The molecule has 0 atom stereocenters. The van der Waals surface area contributed by atoms with Crippen LogP contribution >= 0.6 is 11.6 Å². The summed E-state index contributed by atoms with van der Waals surface area (Å²) in [5, 5.41) is 9.81. The van der Waals surface area contributed by atoms with Gasteiger partial charge < -0.3 is 5.32 Å². The van der Waals surface area contributed by atoms with Crippen molar-refractivity contribution in [2.75, 3.05) is 5.32 Å². The molecule has 2 aromatic heterocycles. The first-order valence-electron chi connectivity index (χ1n) is 9.39. The summed E-state index contributed by atoms with van der Waals surface area (Å²) >= 11 is 6.31. The van der Waals surface area contributed by atoms with Gasteiger partial charge in [-0.05, 0) is 36.8 Å². The molecule has 0 aliphatic rings. The number of hydrogen-bond donors (Lipinski definition) is 1. The molecule has 0 spiro atoms. The maximum atomic E-state index is 6.31. The van der Waals surface area contributed by atoms with Crippen molar-refractivity contribution in [2.24, 2.45) is 0 Å². The van der Waals surface area contributed by atoms with Crippen LogP contribution < -0.4 is 5.32 Å². The standard InChI is InChI=1S/C23H18ClN5/c1-15-7-6-9-16(13-15)21-27-22-18-10-3-5-12-20(18)26-23(29(22)28-21)25-14-17-8-2-4-11-19(17)24/h2-13H,14H2,1H3,(H,25,26). The van der Waals surface area contributed by atoms with Crippen LogP contribution in [0.4, 0.5) is 5.95 Å². The van der Waals surface area contributed by atoms with Crippen molar-refractivity contribution in [3.8, 4) is 11.4 Å². The van der Waals surface area contributed by atoms with Crippen molar-refractivity contribution < 1.29 is 0 Å². The van der Waals surface area contributed by atoms with E-state index in [9.17, 15) is 0 Å².